The van der Waals surface area contributed by atoms with Crippen molar-refractivity contribution in [3.05, 3.63) is 35.3 Å². The Balaban J connectivity index is 2.31. The number of aromatic nitrogens is 1. The van der Waals surface area contributed by atoms with Gasteiger partial charge in [-0.2, -0.15) is 0 Å². The predicted octanol–water partition coefficient (Wildman–Crippen LogP) is 2.55. The molecule has 24 heavy (non-hydrogen) atoms. The Kier molecular flexibility index (Phi) is 6.57. The zero-order valence-electron chi connectivity index (χ0n) is 14.4. The van der Waals surface area contributed by atoms with Gasteiger partial charge in [0.15, 0.2) is 5.13 Å². The normalized spacial score (nSPS) is 11.8. The molecule has 0 radical (unpaired) electrons. The van der Waals surface area contributed by atoms with Crippen LogP contribution in [0.2, 0.25) is 0 Å². The van der Waals surface area contributed by atoms with E-state index in [-0.39, 0.29) is 11.8 Å². The summed E-state index contributed by atoms with van der Waals surface area (Å²) in [5.74, 6) is 1.27. The second-order valence-electron chi connectivity index (χ2n) is 5.38. The van der Waals surface area contributed by atoms with Gasteiger partial charge in [-0.25, -0.2) is 4.98 Å². The highest BCUT2D eigenvalue weighted by Crippen LogP contribution is 2.29. The number of anilines is 1. The fourth-order valence-electron chi connectivity index (χ4n) is 2.40. The minimum Gasteiger partial charge on any atom is -0.497 e. The van der Waals surface area contributed by atoms with E-state index in [9.17, 15) is 4.79 Å². The molecule has 0 spiro atoms. The van der Waals surface area contributed by atoms with E-state index in [0.717, 1.165) is 5.56 Å². The number of thiazole rings is 1. The number of ether oxygens (including phenoxy) is 2. The molecule has 0 saturated heterocycles. The van der Waals surface area contributed by atoms with E-state index in [1.807, 2.05) is 37.6 Å². The molecule has 1 amide bonds. The first-order chi connectivity index (χ1) is 11.6. The molecule has 0 fully saturated rings. The molecule has 7 heteroatoms. The van der Waals surface area contributed by atoms with Crippen LogP contribution in [0.15, 0.2) is 29.8 Å². The van der Waals surface area contributed by atoms with Crippen LogP contribution in [0.3, 0.4) is 0 Å². The standard InChI is InChI=1S/C17H23N3O3S/c1-12(10-18-2)16(21)20(17-19-7-8-24-17)11-13-5-6-14(22-3)9-15(13)23-4/h5-9,12,18H,10-11H2,1-4H3. The van der Waals surface area contributed by atoms with E-state index in [4.69, 9.17) is 9.47 Å². The van der Waals surface area contributed by atoms with Crippen LogP contribution in [-0.4, -0.2) is 38.7 Å². The monoisotopic (exact) mass is 349 g/mol. The Morgan fingerprint density at radius 3 is 2.75 bits per heavy atom. The van der Waals surface area contributed by atoms with Crippen LogP contribution >= 0.6 is 11.3 Å². The fourth-order valence-corrected chi connectivity index (χ4v) is 3.05. The van der Waals surface area contributed by atoms with Crippen molar-refractivity contribution < 1.29 is 14.3 Å². The maximum absolute atomic E-state index is 12.8. The maximum Gasteiger partial charge on any atom is 0.233 e. The van der Waals surface area contributed by atoms with Gasteiger partial charge in [-0.15, -0.1) is 11.3 Å². The molecular formula is C17H23N3O3S. The van der Waals surface area contributed by atoms with Crippen molar-refractivity contribution in [1.29, 1.82) is 0 Å². The summed E-state index contributed by atoms with van der Waals surface area (Å²) in [6.07, 6.45) is 1.70. The number of benzene rings is 1. The first kappa shape index (κ1) is 18.2. The van der Waals surface area contributed by atoms with Gasteiger partial charge in [-0.3, -0.25) is 9.69 Å². The van der Waals surface area contributed by atoms with Crippen molar-refractivity contribution in [3.8, 4) is 11.5 Å². The second kappa shape index (κ2) is 8.65. The number of nitrogens with one attached hydrogen (secondary N) is 1. The molecule has 1 aromatic carbocycles. The summed E-state index contributed by atoms with van der Waals surface area (Å²) in [5.41, 5.74) is 0.901. The molecule has 130 valence electrons. The first-order valence-corrected chi connectivity index (χ1v) is 8.55. The zero-order chi connectivity index (χ0) is 17.5. The summed E-state index contributed by atoms with van der Waals surface area (Å²) < 4.78 is 10.7. The minimum absolute atomic E-state index is 0.0252. The predicted molar refractivity (Wildman–Crippen MR) is 95.9 cm³/mol. The number of rotatable bonds is 8. The SMILES string of the molecule is CNCC(C)C(=O)N(Cc1ccc(OC)cc1OC)c1nccs1. The molecule has 0 saturated carbocycles. The number of methoxy groups -OCH3 is 2. The van der Waals surface area contributed by atoms with Gasteiger partial charge in [0.2, 0.25) is 5.91 Å². The van der Waals surface area contributed by atoms with Crippen LogP contribution in [-0.2, 0) is 11.3 Å². The smallest absolute Gasteiger partial charge is 0.233 e. The summed E-state index contributed by atoms with van der Waals surface area (Å²) >= 11 is 1.44. The third-order valence-corrected chi connectivity index (χ3v) is 4.47. The lowest BCUT2D eigenvalue weighted by molar-refractivity contribution is -0.121. The largest absolute Gasteiger partial charge is 0.497 e. The lowest BCUT2D eigenvalue weighted by Crippen LogP contribution is -2.38. The summed E-state index contributed by atoms with van der Waals surface area (Å²) in [6.45, 7) is 2.92. The molecular weight excluding hydrogens is 326 g/mol. The molecule has 1 heterocycles. The second-order valence-corrected chi connectivity index (χ2v) is 6.25. The van der Waals surface area contributed by atoms with E-state index in [1.54, 1.807) is 25.3 Å². The van der Waals surface area contributed by atoms with Crippen molar-refractivity contribution in [2.75, 3.05) is 32.7 Å². The van der Waals surface area contributed by atoms with Crippen molar-refractivity contribution in [2.24, 2.45) is 5.92 Å². The van der Waals surface area contributed by atoms with Crippen molar-refractivity contribution in [2.45, 2.75) is 13.5 Å². The summed E-state index contributed by atoms with van der Waals surface area (Å²) in [7, 11) is 5.06. The number of hydrogen-bond donors (Lipinski definition) is 1. The van der Waals surface area contributed by atoms with Gasteiger partial charge < -0.3 is 14.8 Å². The van der Waals surface area contributed by atoms with Crippen molar-refractivity contribution in [1.82, 2.24) is 10.3 Å². The zero-order valence-corrected chi connectivity index (χ0v) is 15.2. The Hall–Kier alpha value is -2.12. The molecule has 0 aliphatic rings. The molecule has 2 aromatic rings. The van der Waals surface area contributed by atoms with Gasteiger partial charge in [-0.05, 0) is 19.2 Å². The average Bonchev–Trinajstić information content (AvgIpc) is 3.13. The summed E-state index contributed by atoms with van der Waals surface area (Å²) in [5, 5.41) is 5.59. The number of amides is 1. The first-order valence-electron chi connectivity index (χ1n) is 7.67. The minimum atomic E-state index is -0.150. The molecule has 1 N–H and O–H groups in total. The highest BCUT2D eigenvalue weighted by Gasteiger charge is 2.24. The molecule has 2 rings (SSSR count). The molecule has 0 aliphatic heterocycles. The Morgan fingerprint density at radius 2 is 2.17 bits per heavy atom. The van der Waals surface area contributed by atoms with E-state index in [2.05, 4.69) is 10.3 Å². The Morgan fingerprint density at radius 1 is 1.38 bits per heavy atom. The van der Waals surface area contributed by atoms with Crippen LogP contribution < -0.4 is 19.7 Å². The highest BCUT2D eigenvalue weighted by molar-refractivity contribution is 7.13. The fraction of sp³-hybridized carbons (Fsp3) is 0.412. The third-order valence-electron chi connectivity index (χ3n) is 3.67. The van der Waals surface area contributed by atoms with E-state index < -0.39 is 0 Å². The number of carbonyl (C=O) groups is 1. The van der Waals surface area contributed by atoms with Gasteiger partial charge in [0.1, 0.15) is 11.5 Å². The van der Waals surface area contributed by atoms with Crippen LogP contribution in [0.1, 0.15) is 12.5 Å². The van der Waals surface area contributed by atoms with Crippen LogP contribution in [0, 0.1) is 5.92 Å². The van der Waals surface area contributed by atoms with E-state index in [0.29, 0.717) is 29.7 Å². The summed E-state index contributed by atoms with van der Waals surface area (Å²) in [4.78, 5) is 18.9. The lowest BCUT2D eigenvalue weighted by atomic mass is 10.1. The summed E-state index contributed by atoms with van der Waals surface area (Å²) in [6, 6.07) is 5.59. The quantitative estimate of drug-likeness (QED) is 0.793. The van der Waals surface area contributed by atoms with Crippen molar-refractivity contribution >= 4 is 22.4 Å². The Bertz CT molecular complexity index is 661. The van der Waals surface area contributed by atoms with Gasteiger partial charge in [0, 0.05) is 35.7 Å². The number of carbonyl (C=O) groups excluding carboxylic acids is 1. The third kappa shape index (κ3) is 4.24. The lowest BCUT2D eigenvalue weighted by Gasteiger charge is -2.24. The number of hydrogen-bond acceptors (Lipinski definition) is 6. The molecule has 6 nitrogen and oxygen atoms in total. The molecule has 0 bridgehead atoms. The molecule has 1 atom stereocenters. The van der Waals surface area contributed by atoms with Crippen molar-refractivity contribution in [3.63, 3.8) is 0 Å². The van der Waals surface area contributed by atoms with Crippen LogP contribution in [0.25, 0.3) is 0 Å². The highest BCUT2D eigenvalue weighted by atomic mass is 32.1. The maximum atomic E-state index is 12.8. The van der Waals surface area contributed by atoms with Gasteiger partial charge in [-0.1, -0.05) is 6.92 Å². The van der Waals surface area contributed by atoms with E-state index >= 15 is 0 Å². The van der Waals surface area contributed by atoms with Gasteiger partial charge in [0.25, 0.3) is 0 Å². The topological polar surface area (TPSA) is 63.7 Å². The van der Waals surface area contributed by atoms with Crippen LogP contribution in [0.5, 0.6) is 11.5 Å². The number of nitrogens with zero attached hydrogens (tertiary/aromatic N) is 2. The Labute approximate surface area is 146 Å². The van der Waals surface area contributed by atoms with Gasteiger partial charge >= 0.3 is 0 Å². The van der Waals surface area contributed by atoms with Gasteiger partial charge in [0.05, 0.1) is 20.8 Å². The molecule has 1 unspecified atom stereocenters. The molecule has 0 aliphatic carbocycles. The molecule has 1 aromatic heterocycles. The van der Waals surface area contributed by atoms with Crippen LogP contribution in [0.4, 0.5) is 5.13 Å². The average molecular weight is 349 g/mol. The van der Waals surface area contributed by atoms with E-state index in [1.165, 1.54) is 11.3 Å².